The molecule has 28 heavy (non-hydrogen) atoms. The monoisotopic (exact) mass is 505 g/mol. The van der Waals surface area contributed by atoms with Crippen molar-refractivity contribution in [3.05, 3.63) is 80.5 Å². The van der Waals surface area contributed by atoms with Crippen molar-refractivity contribution >= 4 is 50.0 Å². The molecule has 1 amide bonds. The van der Waals surface area contributed by atoms with E-state index < -0.39 is 11.9 Å². The molecule has 9 heteroatoms. The maximum atomic E-state index is 12.3. The number of benzene rings is 2. The van der Waals surface area contributed by atoms with Crippen LogP contribution in [0, 0.1) is 0 Å². The van der Waals surface area contributed by atoms with Gasteiger partial charge in [-0.1, -0.05) is 22.0 Å². The van der Waals surface area contributed by atoms with E-state index in [-0.39, 0.29) is 16.9 Å². The number of rotatable bonds is 5. The first-order valence-electron chi connectivity index (χ1n) is 7.89. The molecular formula is C19H13Br2N3O4. The van der Waals surface area contributed by atoms with Gasteiger partial charge in [-0.15, -0.1) is 0 Å². The molecule has 0 aliphatic rings. The number of hydrogen-bond donors (Lipinski definition) is 3. The lowest BCUT2D eigenvalue weighted by atomic mass is 10.2. The number of aromatic nitrogens is 1. The number of nitrogens with one attached hydrogen (secondary N) is 1. The lowest BCUT2D eigenvalue weighted by molar-refractivity contribution is 0.0696. The molecule has 3 N–H and O–H groups in total. The summed E-state index contributed by atoms with van der Waals surface area (Å²) in [6.07, 6.45) is 3.18. The Balaban J connectivity index is 1.80. The normalized spacial score (nSPS) is 10.9. The minimum Gasteiger partial charge on any atom is -0.506 e. The van der Waals surface area contributed by atoms with Crippen molar-refractivity contribution in [2.45, 2.75) is 0 Å². The Kier molecular flexibility index (Phi) is 5.96. The number of hydrogen-bond acceptors (Lipinski definition) is 4. The Morgan fingerprint density at radius 2 is 1.89 bits per heavy atom. The summed E-state index contributed by atoms with van der Waals surface area (Å²) in [6, 6.07) is 13.1. The Morgan fingerprint density at radius 1 is 1.11 bits per heavy atom. The maximum Gasteiger partial charge on any atom is 0.335 e. The number of halogens is 2. The fourth-order valence-corrected chi connectivity index (χ4v) is 3.70. The van der Waals surface area contributed by atoms with Gasteiger partial charge in [0, 0.05) is 16.4 Å². The molecule has 0 aliphatic carbocycles. The van der Waals surface area contributed by atoms with E-state index in [0.717, 1.165) is 0 Å². The van der Waals surface area contributed by atoms with Crippen molar-refractivity contribution in [2.75, 3.05) is 0 Å². The number of carboxylic acids is 1. The van der Waals surface area contributed by atoms with E-state index in [0.29, 0.717) is 20.3 Å². The quantitative estimate of drug-likeness (QED) is 0.357. The largest absolute Gasteiger partial charge is 0.506 e. The highest BCUT2D eigenvalue weighted by Gasteiger charge is 2.14. The molecule has 1 heterocycles. The lowest BCUT2D eigenvalue weighted by Crippen LogP contribution is -2.18. The molecule has 0 saturated heterocycles. The summed E-state index contributed by atoms with van der Waals surface area (Å²) in [5.74, 6) is -1.79. The summed E-state index contributed by atoms with van der Waals surface area (Å²) in [5, 5.41) is 23.1. The van der Waals surface area contributed by atoms with Crippen LogP contribution in [-0.4, -0.2) is 32.9 Å². The average Bonchev–Trinajstić information content (AvgIpc) is 3.13. The summed E-state index contributed by atoms with van der Waals surface area (Å²) in [7, 11) is 0. The number of phenols is 1. The summed E-state index contributed by atoms with van der Waals surface area (Å²) in [5.41, 5.74) is 3.86. The van der Waals surface area contributed by atoms with E-state index >= 15 is 0 Å². The Labute approximate surface area is 176 Å². The fraction of sp³-hybridized carbons (Fsp3) is 0. The van der Waals surface area contributed by atoms with Crippen LogP contribution >= 0.6 is 31.9 Å². The zero-order chi connectivity index (χ0) is 20.3. The minimum absolute atomic E-state index is 0.0583. The zero-order valence-electron chi connectivity index (χ0n) is 14.1. The van der Waals surface area contributed by atoms with Crippen molar-refractivity contribution in [1.82, 2.24) is 9.99 Å². The number of carboxylic acid groups (broad SMARTS) is 1. The third-order valence-corrected chi connectivity index (χ3v) is 4.85. The molecule has 2 aromatic carbocycles. The summed E-state index contributed by atoms with van der Waals surface area (Å²) >= 11 is 6.43. The van der Waals surface area contributed by atoms with Gasteiger partial charge in [0.15, 0.2) is 0 Å². The molecular weight excluding hydrogens is 494 g/mol. The van der Waals surface area contributed by atoms with Crippen LogP contribution in [0.15, 0.2) is 68.8 Å². The molecule has 0 radical (unpaired) electrons. The highest BCUT2D eigenvalue weighted by molar-refractivity contribution is 9.11. The van der Waals surface area contributed by atoms with Gasteiger partial charge >= 0.3 is 5.97 Å². The molecule has 1 aromatic heterocycles. The van der Waals surface area contributed by atoms with E-state index in [9.17, 15) is 14.7 Å². The number of hydrazone groups is 1. The molecule has 3 rings (SSSR count). The van der Waals surface area contributed by atoms with Gasteiger partial charge in [0.05, 0.1) is 27.5 Å². The number of carbonyl (C=O) groups is 2. The summed E-state index contributed by atoms with van der Waals surface area (Å²) in [4.78, 5) is 23.4. The smallest absolute Gasteiger partial charge is 0.335 e. The van der Waals surface area contributed by atoms with E-state index in [1.54, 1.807) is 41.1 Å². The van der Waals surface area contributed by atoms with Crippen LogP contribution in [0.5, 0.6) is 5.75 Å². The van der Waals surface area contributed by atoms with Gasteiger partial charge in [0.25, 0.3) is 5.91 Å². The molecule has 0 aliphatic heterocycles. The van der Waals surface area contributed by atoms with Crippen LogP contribution in [0.25, 0.3) is 5.69 Å². The fourth-order valence-electron chi connectivity index (χ4n) is 2.48. The van der Waals surface area contributed by atoms with Crippen LogP contribution in [0.2, 0.25) is 0 Å². The van der Waals surface area contributed by atoms with Crippen molar-refractivity contribution in [3.63, 3.8) is 0 Å². The number of aromatic carboxylic acids is 1. The van der Waals surface area contributed by atoms with Crippen molar-refractivity contribution in [2.24, 2.45) is 5.10 Å². The zero-order valence-corrected chi connectivity index (χ0v) is 17.3. The second-order valence-corrected chi connectivity index (χ2v) is 7.41. The minimum atomic E-state index is -1.02. The molecule has 0 spiro atoms. The standard InChI is InChI=1S/C19H13Br2N3O4/c20-12-8-15(17(25)16(21)9-12)18(26)23-22-10-14-5-2-6-24(14)13-4-1-3-11(7-13)19(27)28/h1-10,25H,(H,23,26)(H,27,28)/b22-10-. The molecule has 0 saturated carbocycles. The second kappa shape index (κ2) is 8.41. The molecule has 0 unspecified atom stereocenters. The molecule has 3 aromatic rings. The van der Waals surface area contributed by atoms with Gasteiger partial charge in [-0.05, 0) is 58.4 Å². The first-order valence-corrected chi connectivity index (χ1v) is 9.48. The number of nitrogens with zero attached hydrogens (tertiary/aromatic N) is 2. The predicted molar refractivity (Wildman–Crippen MR) is 111 cm³/mol. The van der Waals surface area contributed by atoms with E-state index in [1.165, 1.54) is 24.4 Å². The van der Waals surface area contributed by atoms with Gasteiger partial charge in [-0.3, -0.25) is 4.79 Å². The first kappa shape index (κ1) is 19.8. The van der Waals surface area contributed by atoms with Crippen molar-refractivity contribution in [1.29, 1.82) is 0 Å². The third kappa shape index (κ3) is 4.32. The van der Waals surface area contributed by atoms with E-state index in [2.05, 4.69) is 42.4 Å². The van der Waals surface area contributed by atoms with Crippen LogP contribution in [-0.2, 0) is 0 Å². The van der Waals surface area contributed by atoms with E-state index in [1.807, 2.05) is 0 Å². The van der Waals surface area contributed by atoms with Gasteiger partial charge in [0.1, 0.15) is 5.75 Å². The first-order chi connectivity index (χ1) is 13.4. The Hall–Kier alpha value is -2.91. The topological polar surface area (TPSA) is 104 Å². The highest BCUT2D eigenvalue weighted by Crippen LogP contribution is 2.31. The molecule has 142 valence electrons. The van der Waals surface area contributed by atoms with Crippen LogP contribution in [0.4, 0.5) is 0 Å². The molecule has 0 atom stereocenters. The van der Waals surface area contributed by atoms with Crippen LogP contribution in [0.1, 0.15) is 26.4 Å². The van der Waals surface area contributed by atoms with E-state index in [4.69, 9.17) is 5.11 Å². The van der Waals surface area contributed by atoms with Gasteiger partial charge in [0.2, 0.25) is 0 Å². The summed E-state index contributed by atoms with van der Waals surface area (Å²) in [6.45, 7) is 0. The van der Waals surface area contributed by atoms with Gasteiger partial charge < -0.3 is 14.8 Å². The number of aromatic hydroxyl groups is 1. The third-order valence-electron chi connectivity index (χ3n) is 3.79. The number of amides is 1. The predicted octanol–water partition coefficient (Wildman–Crippen LogP) is 4.17. The Morgan fingerprint density at radius 3 is 2.64 bits per heavy atom. The SMILES string of the molecule is O=C(O)c1cccc(-n2cccc2/C=N\NC(=O)c2cc(Br)cc(Br)c2O)c1. The molecule has 0 fully saturated rings. The molecule has 0 bridgehead atoms. The molecule has 7 nitrogen and oxygen atoms in total. The van der Waals surface area contributed by atoms with Gasteiger partial charge in [-0.2, -0.15) is 5.10 Å². The second-order valence-electron chi connectivity index (χ2n) is 5.64. The van der Waals surface area contributed by atoms with Crippen LogP contribution < -0.4 is 5.43 Å². The lowest BCUT2D eigenvalue weighted by Gasteiger charge is -2.08. The van der Waals surface area contributed by atoms with Crippen molar-refractivity contribution in [3.8, 4) is 11.4 Å². The average molecular weight is 507 g/mol. The number of phenolic OH excluding ortho intramolecular Hbond substituents is 1. The van der Waals surface area contributed by atoms with Crippen molar-refractivity contribution < 1.29 is 19.8 Å². The maximum absolute atomic E-state index is 12.3. The Bertz CT molecular complexity index is 1090. The van der Waals surface area contributed by atoms with Crippen LogP contribution in [0.3, 0.4) is 0 Å². The van der Waals surface area contributed by atoms with Gasteiger partial charge in [-0.25, -0.2) is 10.2 Å². The number of carbonyl (C=O) groups excluding carboxylic acids is 1. The summed E-state index contributed by atoms with van der Waals surface area (Å²) < 4.78 is 2.73. The highest BCUT2D eigenvalue weighted by atomic mass is 79.9.